The Bertz CT molecular complexity index is 572. The molecule has 5 heteroatoms. The van der Waals surface area contributed by atoms with E-state index in [0.717, 1.165) is 38.5 Å². The number of benzene rings is 1. The number of ether oxygens (including phenoxy) is 1. The van der Waals surface area contributed by atoms with Gasteiger partial charge in [-0.1, -0.05) is 24.3 Å². The van der Waals surface area contributed by atoms with E-state index in [1.807, 2.05) is 6.20 Å². The van der Waals surface area contributed by atoms with Crippen LogP contribution in [0.5, 0.6) is 0 Å². The molecule has 0 unspecified atom stereocenters. The predicted molar refractivity (Wildman–Crippen MR) is 90.9 cm³/mol. The van der Waals surface area contributed by atoms with Gasteiger partial charge in [0.15, 0.2) is 0 Å². The van der Waals surface area contributed by atoms with Crippen LogP contribution in [0.4, 0.5) is 0 Å². The van der Waals surface area contributed by atoms with Gasteiger partial charge in [0.2, 0.25) is 0 Å². The molecule has 0 amide bonds. The van der Waals surface area contributed by atoms with E-state index < -0.39 is 0 Å². The summed E-state index contributed by atoms with van der Waals surface area (Å²) in [4.78, 5) is 9.78. The Labute approximate surface area is 138 Å². The molecule has 1 aliphatic heterocycles. The maximum absolute atomic E-state index is 5.79. The third-order valence-electron chi connectivity index (χ3n) is 4.10. The minimum absolute atomic E-state index is 0.323. The number of hydrogen-bond donors (Lipinski definition) is 2. The summed E-state index contributed by atoms with van der Waals surface area (Å²) in [5, 5.41) is 3.40. The fourth-order valence-electron chi connectivity index (χ4n) is 3.15. The van der Waals surface area contributed by atoms with Crippen LogP contribution in [-0.4, -0.2) is 40.2 Å². The summed E-state index contributed by atoms with van der Waals surface area (Å²) in [6.45, 7) is 8.93. The molecule has 23 heavy (non-hydrogen) atoms. The lowest BCUT2D eigenvalue weighted by Gasteiger charge is -2.35. The number of aromatic amines is 1. The van der Waals surface area contributed by atoms with Crippen molar-refractivity contribution >= 4 is 0 Å². The van der Waals surface area contributed by atoms with E-state index in [0.29, 0.717) is 12.2 Å². The van der Waals surface area contributed by atoms with Gasteiger partial charge in [0.25, 0.3) is 0 Å². The van der Waals surface area contributed by atoms with Crippen molar-refractivity contribution in [2.24, 2.45) is 0 Å². The summed E-state index contributed by atoms with van der Waals surface area (Å²) in [7, 11) is 0. The molecule has 2 N–H and O–H groups in total. The van der Waals surface area contributed by atoms with Gasteiger partial charge in [-0.25, -0.2) is 4.98 Å². The highest BCUT2D eigenvalue weighted by Gasteiger charge is 2.21. The SMILES string of the molecule is C[C@H]1CN(Cc2ccc(CNCc3ncc[nH]3)cc2)C[C@H](C)O1. The number of morpholine rings is 1. The van der Waals surface area contributed by atoms with Crippen molar-refractivity contribution in [3.05, 3.63) is 53.6 Å². The lowest BCUT2D eigenvalue weighted by Crippen LogP contribution is -2.44. The topological polar surface area (TPSA) is 53.2 Å². The van der Waals surface area contributed by atoms with E-state index in [1.54, 1.807) is 6.20 Å². The van der Waals surface area contributed by atoms with Crippen LogP contribution in [0.15, 0.2) is 36.7 Å². The summed E-state index contributed by atoms with van der Waals surface area (Å²) in [6.07, 6.45) is 4.27. The second kappa shape index (κ2) is 7.73. The largest absolute Gasteiger partial charge is 0.373 e. The maximum Gasteiger partial charge on any atom is 0.120 e. The highest BCUT2D eigenvalue weighted by Crippen LogP contribution is 2.14. The molecule has 0 radical (unpaired) electrons. The van der Waals surface area contributed by atoms with Gasteiger partial charge in [0.1, 0.15) is 5.82 Å². The Hall–Kier alpha value is -1.69. The molecule has 2 aromatic rings. The standard InChI is InChI=1S/C18H26N4O/c1-14-11-22(12-15(2)23-14)13-17-5-3-16(4-6-17)9-19-10-18-20-7-8-21-18/h3-8,14-15,19H,9-13H2,1-2H3,(H,20,21)/t14-,15-/m0/s1. The minimum atomic E-state index is 0.323. The summed E-state index contributed by atoms with van der Waals surface area (Å²) >= 11 is 0. The highest BCUT2D eigenvalue weighted by atomic mass is 16.5. The summed E-state index contributed by atoms with van der Waals surface area (Å²) in [5.74, 6) is 0.970. The van der Waals surface area contributed by atoms with Crippen LogP contribution in [0.1, 0.15) is 30.8 Å². The number of H-pyrrole nitrogens is 1. The summed E-state index contributed by atoms with van der Waals surface area (Å²) in [5.41, 5.74) is 2.66. The van der Waals surface area contributed by atoms with Gasteiger partial charge in [-0.3, -0.25) is 4.90 Å². The van der Waals surface area contributed by atoms with Crippen LogP contribution in [-0.2, 0) is 24.4 Å². The third kappa shape index (κ3) is 4.89. The van der Waals surface area contributed by atoms with Gasteiger partial charge in [-0.2, -0.15) is 0 Å². The zero-order chi connectivity index (χ0) is 16.1. The van der Waals surface area contributed by atoms with E-state index in [9.17, 15) is 0 Å². The van der Waals surface area contributed by atoms with E-state index in [4.69, 9.17) is 4.74 Å². The molecule has 0 aliphatic carbocycles. The molecular weight excluding hydrogens is 288 g/mol. The Kier molecular flexibility index (Phi) is 5.43. The van der Waals surface area contributed by atoms with Crippen molar-refractivity contribution in [2.45, 2.75) is 45.7 Å². The van der Waals surface area contributed by atoms with Crippen molar-refractivity contribution in [3.63, 3.8) is 0 Å². The molecule has 3 rings (SSSR count). The molecule has 124 valence electrons. The van der Waals surface area contributed by atoms with Crippen molar-refractivity contribution < 1.29 is 4.74 Å². The van der Waals surface area contributed by atoms with Crippen molar-refractivity contribution in [1.82, 2.24) is 20.2 Å². The van der Waals surface area contributed by atoms with E-state index in [-0.39, 0.29) is 0 Å². The van der Waals surface area contributed by atoms with Crippen LogP contribution in [0, 0.1) is 0 Å². The zero-order valence-corrected chi connectivity index (χ0v) is 14.0. The quantitative estimate of drug-likeness (QED) is 0.859. The van der Waals surface area contributed by atoms with E-state index >= 15 is 0 Å². The van der Waals surface area contributed by atoms with Crippen molar-refractivity contribution in [2.75, 3.05) is 13.1 Å². The molecule has 1 saturated heterocycles. The van der Waals surface area contributed by atoms with Gasteiger partial charge in [0.05, 0.1) is 18.8 Å². The van der Waals surface area contributed by atoms with Gasteiger partial charge in [-0.05, 0) is 25.0 Å². The smallest absolute Gasteiger partial charge is 0.120 e. The van der Waals surface area contributed by atoms with Gasteiger partial charge >= 0.3 is 0 Å². The number of imidazole rings is 1. The monoisotopic (exact) mass is 314 g/mol. The second-order valence-electron chi connectivity index (χ2n) is 6.41. The normalized spacial score (nSPS) is 22.3. The van der Waals surface area contributed by atoms with Crippen LogP contribution >= 0.6 is 0 Å². The number of hydrogen-bond acceptors (Lipinski definition) is 4. The molecule has 2 atom stereocenters. The first-order valence-electron chi connectivity index (χ1n) is 8.33. The first kappa shape index (κ1) is 16.2. The van der Waals surface area contributed by atoms with E-state index in [2.05, 4.69) is 58.3 Å². The zero-order valence-electron chi connectivity index (χ0n) is 14.0. The molecule has 2 heterocycles. The first-order chi connectivity index (χ1) is 11.2. The molecule has 1 aromatic heterocycles. The molecule has 5 nitrogen and oxygen atoms in total. The Morgan fingerprint density at radius 1 is 1.13 bits per heavy atom. The minimum Gasteiger partial charge on any atom is -0.373 e. The molecule has 1 aromatic carbocycles. The molecule has 1 aliphatic rings. The fourth-order valence-corrected chi connectivity index (χ4v) is 3.15. The van der Waals surface area contributed by atoms with Crippen molar-refractivity contribution in [1.29, 1.82) is 0 Å². The molecule has 0 spiro atoms. The molecule has 0 saturated carbocycles. The van der Waals surface area contributed by atoms with E-state index in [1.165, 1.54) is 11.1 Å². The predicted octanol–water partition coefficient (Wildman–Crippen LogP) is 2.31. The lowest BCUT2D eigenvalue weighted by atomic mass is 10.1. The number of aromatic nitrogens is 2. The average molecular weight is 314 g/mol. The number of rotatable bonds is 6. The van der Waals surface area contributed by atoms with Crippen LogP contribution < -0.4 is 5.32 Å². The van der Waals surface area contributed by atoms with Crippen LogP contribution in [0.2, 0.25) is 0 Å². The molecular formula is C18H26N4O. The maximum atomic E-state index is 5.79. The average Bonchev–Trinajstić information content (AvgIpc) is 3.01. The van der Waals surface area contributed by atoms with Crippen LogP contribution in [0.3, 0.4) is 0 Å². The van der Waals surface area contributed by atoms with Gasteiger partial charge in [0, 0.05) is 38.6 Å². The Morgan fingerprint density at radius 2 is 1.83 bits per heavy atom. The number of nitrogens with zero attached hydrogens (tertiary/aromatic N) is 2. The van der Waals surface area contributed by atoms with Crippen molar-refractivity contribution in [3.8, 4) is 0 Å². The van der Waals surface area contributed by atoms with Gasteiger partial charge in [-0.15, -0.1) is 0 Å². The Balaban J connectivity index is 1.47. The fraction of sp³-hybridized carbons (Fsp3) is 0.500. The first-order valence-corrected chi connectivity index (χ1v) is 8.33. The lowest BCUT2D eigenvalue weighted by molar-refractivity contribution is -0.0704. The number of nitrogens with one attached hydrogen (secondary N) is 2. The molecule has 0 bridgehead atoms. The van der Waals surface area contributed by atoms with Gasteiger partial charge < -0.3 is 15.0 Å². The van der Waals surface area contributed by atoms with Crippen LogP contribution in [0.25, 0.3) is 0 Å². The highest BCUT2D eigenvalue weighted by molar-refractivity contribution is 5.22. The third-order valence-corrected chi connectivity index (χ3v) is 4.10. The summed E-state index contributed by atoms with van der Waals surface area (Å²) in [6, 6.07) is 8.87. The Morgan fingerprint density at radius 3 is 2.48 bits per heavy atom. The molecule has 1 fully saturated rings. The second-order valence-corrected chi connectivity index (χ2v) is 6.41. The summed E-state index contributed by atoms with van der Waals surface area (Å²) < 4.78 is 5.79.